The summed E-state index contributed by atoms with van der Waals surface area (Å²) in [5.41, 5.74) is 4.31. The Morgan fingerprint density at radius 3 is 2.47 bits per heavy atom. The zero-order chi connectivity index (χ0) is 25.3. The third kappa shape index (κ3) is 6.17. The van der Waals surface area contributed by atoms with E-state index in [0.717, 1.165) is 16.3 Å². The summed E-state index contributed by atoms with van der Waals surface area (Å²) < 4.78 is 11.3. The number of hydrogen-bond acceptors (Lipinski definition) is 5. The van der Waals surface area contributed by atoms with Crippen LogP contribution in [0.3, 0.4) is 0 Å². The number of amides is 1. The number of carbonyl (C=O) groups is 2. The van der Waals surface area contributed by atoms with Gasteiger partial charge in [0.25, 0.3) is 5.91 Å². The van der Waals surface area contributed by atoms with E-state index >= 15 is 0 Å². The van der Waals surface area contributed by atoms with Gasteiger partial charge in [0.2, 0.25) is 0 Å². The van der Waals surface area contributed by atoms with Gasteiger partial charge in [-0.2, -0.15) is 5.10 Å². The Morgan fingerprint density at radius 2 is 1.67 bits per heavy atom. The first-order valence-electron chi connectivity index (χ1n) is 11.2. The maximum atomic E-state index is 12.7. The summed E-state index contributed by atoms with van der Waals surface area (Å²) in [5.74, 6) is -0.0462. The van der Waals surface area contributed by atoms with Crippen LogP contribution in [-0.2, 0) is 11.2 Å². The van der Waals surface area contributed by atoms with Gasteiger partial charge in [-0.1, -0.05) is 66.2 Å². The first kappa shape index (κ1) is 24.7. The lowest BCUT2D eigenvalue weighted by atomic mass is 10.0. The maximum Gasteiger partial charge on any atom is 0.343 e. The number of allylic oxidation sites excluding steroid dienone is 1. The van der Waals surface area contributed by atoms with Crippen LogP contribution in [0.1, 0.15) is 21.5 Å². The first-order valence-corrected chi connectivity index (χ1v) is 11.6. The third-order valence-electron chi connectivity index (χ3n) is 5.29. The second-order valence-electron chi connectivity index (χ2n) is 7.78. The van der Waals surface area contributed by atoms with Crippen molar-refractivity contribution >= 4 is 40.5 Å². The SMILES string of the molecule is C=CCc1ccccc1OCC(=O)N/N=C\c1c(OC(=O)c2ccc(Cl)cc2)ccc2ccccc12. The second-order valence-corrected chi connectivity index (χ2v) is 8.21. The van der Waals surface area contributed by atoms with E-state index in [2.05, 4.69) is 17.1 Å². The number of fused-ring (bicyclic) bond motifs is 1. The van der Waals surface area contributed by atoms with Crippen LogP contribution in [0.2, 0.25) is 5.02 Å². The number of esters is 1. The molecule has 0 fully saturated rings. The molecule has 4 rings (SSSR count). The minimum Gasteiger partial charge on any atom is -0.483 e. The summed E-state index contributed by atoms with van der Waals surface area (Å²) in [4.78, 5) is 25.0. The van der Waals surface area contributed by atoms with Crippen LogP contribution in [-0.4, -0.2) is 24.7 Å². The molecule has 1 N–H and O–H groups in total. The molecular formula is C29H23ClN2O4. The smallest absolute Gasteiger partial charge is 0.343 e. The third-order valence-corrected chi connectivity index (χ3v) is 5.54. The monoisotopic (exact) mass is 498 g/mol. The Kier molecular flexibility index (Phi) is 8.11. The van der Waals surface area contributed by atoms with E-state index in [-0.39, 0.29) is 6.61 Å². The maximum absolute atomic E-state index is 12.7. The van der Waals surface area contributed by atoms with Crippen molar-refractivity contribution in [3.8, 4) is 11.5 Å². The first-order chi connectivity index (χ1) is 17.5. The fourth-order valence-corrected chi connectivity index (χ4v) is 3.68. The fourth-order valence-electron chi connectivity index (χ4n) is 3.56. The number of hydrazone groups is 1. The molecule has 0 aliphatic carbocycles. The number of halogens is 1. The molecule has 6 nitrogen and oxygen atoms in total. The van der Waals surface area contributed by atoms with E-state index in [9.17, 15) is 9.59 Å². The quantitative estimate of drug-likeness (QED) is 0.101. The fraction of sp³-hybridized carbons (Fsp3) is 0.0690. The van der Waals surface area contributed by atoms with E-state index in [1.807, 2.05) is 48.5 Å². The average Bonchev–Trinajstić information content (AvgIpc) is 2.89. The van der Waals surface area contributed by atoms with Gasteiger partial charge in [0, 0.05) is 10.6 Å². The lowest BCUT2D eigenvalue weighted by Crippen LogP contribution is -2.25. The minimum atomic E-state index is -0.535. The average molecular weight is 499 g/mol. The summed E-state index contributed by atoms with van der Waals surface area (Å²) >= 11 is 5.91. The summed E-state index contributed by atoms with van der Waals surface area (Å²) in [6.45, 7) is 3.53. The molecule has 0 atom stereocenters. The van der Waals surface area contributed by atoms with Gasteiger partial charge in [0.15, 0.2) is 6.61 Å². The van der Waals surface area contributed by atoms with E-state index in [4.69, 9.17) is 21.1 Å². The molecule has 0 saturated heterocycles. The highest BCUT2D eigenvalue weighted by molar-refractivity contribution is 6.30. The van der Waals surface area contributed by atoms with Crippen molar-refractivity contribution in [1.82, 2.24) is 5.43 Å². The Labute approximate surface area is 213 Å². The molecular weight excluding hydrogens is 476 g/mol. The van der Waals surface area contributed by atoms with Crippen LogP contribution in [0.4, 0.5) is 0 Å². The number of benzene rings is 4. The molecule has 0 aliphatic heterocycles. The van der Waals surface area contributed by atoms with Crippen molar-refractivity contribution in [3.05, 3.63) is 119 Å². The lowest BCUT2D eigenvalue weighted by Gasteiger charge is -2.11. The van der Waals surface area contributed by atoms with E-state index in [1.54, 1.807) is 42.5 Å². The van der Waals surface area contributed by atoms with Crippen molar-refractivity contribution < 1.29 is 19.1 Å². The Balaban J connectivity index is 1.49. The molecule has 0 saturated carbocycles. The number of rotatable bonds is 9. The highest BCUT2D eigenvalue weighted by Crippen LogP contribution is 2.27. The van der Waals surface area contributed by atoms with Gasteiger partial charge in [0.1, 0.15) is 11.5 Å². The van der Waals surface area contributed by atoms with Crippen molar-refractivity contribution in [2.45, 2.75) is 6.42 Å². The number of para-hydroxylation sites is 1. The van der Waals surface area contributed by atoms with Crippen molar-refractivity contribution in [3.63, 3.8) is 0 Å². The molecule has 1 amide bonds. The van der Waals surface area contributed by atoms with Crippen molar-refractivity contribution in [2.24, 2.45) is 5.10 Å². The van der Waals surface area contributed by atoms with Gasteiger partial charge in [-0.3, -0.25) is 4.79 Å². The summed E-state index contributed by atoms with van der Waals surface area (Å²) in [7, 11) is 0. The summed E-state index contributed by atoms with van der Waals surface area (Å²) in [6, 6.07) is 25.0. The lowest BCUT2D eigenvalue weighted by molar-refractivity contribution is -0.123. The molecule has 0 spiro atoms. The molecule has 0 unspecified atom stereocenters. The van der Waals surface area contributed by atoms with Crippen molar-refractivity contribution in [1.29, 1.82) is 0 Å². The van der Waals surface area contributed by atoms with Crippen LogP contribution in [0.15, 0.2) is 103 Å². The molecule has 4 aromatic rings. The zero-order valence-electron chi connectivity index (χ0n) is 19.3. The largest absolute Gasteiger partial charge is 0.483 e. The Hall–Kier alpha value is -4.42. The van der Waals surface area contributed by atoms with Gasteiger partial charge in [-0.15, -0.1) is 6.58 Å². The molecule has 4 aromatic carbocycles. The molecule has 36 heavy (non-hydrogen) atoms. The minimum absolute atomic E-state index is 0.209. The predicted octanol–water partition coefficient (Wildman–Crippen LogP) is 5.97. The molecule has 180 valence electrons. The Morgan fingerprint density at radius 1 is 0.917 bits per heavy atom. The van der Waals surface area contributed by atoms with Crippen LogP contribution in [0, 0.1) is 0 Å². The van der Waals surface area contributed by atoms with Crippen LogP contribution >= 0.6 is 11.6 Å². The highest BCUT2D eigenvalue weighted by atomic mass is 35.5. The van der Waals surface area contributed by atoms with Gasteiger partial charge in [-0.05, 0) is 59.2 Å². The molecule has 0 heterocycles. The van der Waals surface area contributed by atoms with Crippen LogP contribution in [0.5, 0.6) is 11.5 Å². The number of hydrogen-bond donors (Lipinski definition) is 1. The highest BCUT2D eigenvalue weighted by Gasteiger charge is 2.14. The van der Waals surface area contributed by atoms with Gasteiger partial charge < -0.3 is 9.47 Å². The Bertz CT molecular complexity index is 1430. The number of ether oxygens (including phenoxy) is 2. The van der Waals surface area contributed by atoms with Crippen LogP contribution < -0.4 is 14.9 Å². The van der Waals surface area contributed by atoms with Gasteiger partial charge in [-0.25, -0.2) is 10.2 Å². The van der Waals surface area contributed by atoms with Crippen LogP contribution in [0.25, 0.3) is 10.8 Å². The van der Waals surface area contributed by atoms with E-state index in [1.165, 1.54) is 6.21 Å². The molecule has 0 bridgehead atoms. The van der Waals surface area contributed by atoms with E-state index in [0.29, 0.717) is 34.1 Å². The van der Waals surface area contributed by atoms with E-state index < -0.39 is 11.9 Å². The molecule has 7 heteroatoms. The van der Waals surface area contributed by atoms with Crippen molar-refractivity contribution in [2.75, 3.05) is 6.61 Å². The number of nitrogens with zero attached hydrogens (tertiary/aromatic N) is 1. The number of carbonyl (C=O) groups excluding carboxylic acids is 2. The molecule has 0 radical (unpaired) electrons. The molecule has 0 aliphatic rings. The summed E-state index contributed by atoms with van der Waals surface area (Å²) in [5, 5.41) is 6.35. The predicted molar refractivity (Wildman–Crippen MR) is 142 cm³/mol. The van der Waals surface area contributed by atoms with Gasteiger partial charge in [0.05, 0.1) is 11.8 Å². The molecule has 0 aromatic heterocycles. The normalized spacial score (nSPS) is 10.8. The zero-order valence-corrected chi connectivity index (χ0v) is 20.1. The standard InChI is InChI=1S/C29H23ClN2O4/c1-2-7-21-9-4-6-11-26(21)35-19-28(33)32-31-18-25-24-10-5-3-8-20(24)14-17-27(25)36-29(34)22-12-15-23(30)16-13-22/h2-6,8-18H,1,7,19H2,(H,32,33)/b31-18-. The topological polar surface area (TPSA) is 77.0 Å². The summed E-state index contributed by atoms with van der Waals surface area (Å²) in [6.07, 6.45) is 3.86. The second kappa shape index (κ2) is 11.8. The van der Waals surface area contributed by atoms with Gasteiger partial charge >= 0.3 is 5.97 Å². The number of nitrogens with one attached hydrogen (secondary N) is 1.